The lowest BCUT2D eigenvalue weighted by molar-refractivity contribution is 0.490. The van der Waals surface area contributed by atoms with Crippen molar-refractivity contribution in [3.8, 4) is 11.3 Å². The molecule has 0 aliphatic heterocycles. The van der Waals surface area contributed by atoms with E-state index in [1.54, 1.807) is 0 Å². The van der Waals surface area contributed by atoms with Crippen LogP contribution in [0.4, 0.5) is 8.39 Å². The highest BCUT2D eigenvalue weighted by Gasteiger charge is 2.12. The van der Waals surface area contributed by atoms with Crippen LogP contribution in [0.1, 0.15) is 16.8 Å². The molecule has 0 spiro atoms. The van der Waals surface area contributed by atoms with Gasteiger partial charge in [-0.2, -0.15) is 16.8 Å². The molecular weight excluding hydrogens is 372 g/mol. The minimum absolute atomic E-state index is 0.0739. The van der Waals surface area contributed by atoms with Gasteiger partial charge in [0.15, 0.2) is 0 Å². The van der Waals surface area contributed by atoms with E-state index in [2.05, 4.69) is 5.66 Å². The van der Waals surface area contributed by atoms with Crippen LogP contribution in [0.3, 0.4) is 0 Å². The van der Waals surface area contributed by atoms with E-state index in [0.717, 1.165) is 11.1 Å². The van der Waals surface area contributed by atoms with Crippen molar-refractivity contribution in [3.05, 3.63) is 71.8 Å². The van der Waals surface area contributed by atoms with Crippen molar-refractivity contribution >= 4 is 27.2 Å². The zero-order valence-electron chi connectivity index (χ0n) is 12.7. The monoisotopic (exact) mass is 388 g/mol. The van der Waals surface area contributed by atoms with Crippen molar-refractivity contribution < 1.29 is 21.4 Å². The molecule has 1 atom stereocenters. The molecule has 0 saturated carbocycles. The topological polar surface area (TPSA) is 54.4 Å². The van der Waals surface area contributed by atoms with E-state index in [9.17, 15) is 16.8 Å². The summed E-state index contributed by atoms with van der Waals surface area (Å²) in [7, 11) is -6.64. The molecular formula is C16H16F2O3P2S. The molecule has 0 saturated heterocycles. The predicted octanol–water partition coefficient (Wildman–Crippen LogP) is 5.13. The molecule has 2 aromatic carbocycles. The fourth-order valence-electron chi connectivity index (χ4n) is 1.80. The highest BCUT2D eigenvalue weighted by molar-refractivity contribution is 7.85. The Bertz CT molecular complexity index is 726. The number of halogens is 2. The first-order chi connectivity index (χ1) is 11.3. The quantitative estimate of drug-likeness (QED) is 0.451. The maximum atomic E-state index is 12.2. The molecule has 8 heteroatoms. The molecule has 24 heavy (non-hydrogen) atoms. The molecule has 0 aromatic heterocycles. The summed E-state index contributed by atoms with van der Waals surface area (Å²) in [6.45, 7) is 0. The normalized spacial score (nSPS) is 11.1. The van der Waals surface area contributed by atoms with Gasteiger partial charge in [-0.05, 0) is 25.4 Å². The number of hydrogen-bond donors (Lipinski definition) is 1. The van der Waals surface area contributed by atoms with Gasteiger partial charge in [-0.3, -0.25) is 4.55 Å². The molecule has 0 amide bonds. The van der Waals surface area contributed by atoms with Gasteiger partial charge in [0.1, 0.15) is 0 Å². The predicted molar refractivity (Wildman–Crippen MR) is 97.4 cm³/mol. The van der Waals surface area contributed by atoms with E-state index in [1.165, 1.54) is 0 Å². The zero-order chi connectivity index (χ0) is 18.0. The lowest BCUT2D eigenvalue weighted by atomic mass is 10.0. The van der Waals surface area contributed by atoms with Crippen LogP contribution in [-0.2, 0) is 10.1 Å². The van der Waals surface area contributed by atoms with Crippen molar-refractivity contribution in [2.45, 2.75) is 5.66 Å². The molecule has 0 fully saturated rings. The van der Waals surface area contributed by atoms with Gasteiger partial charge in [0, 0.05) is 5.66 Å². The largest absolute Gasteiger partial charge is 0.344 e. The molecule has 0 aliphatic rings. The first-order valence-corrected chi connectivity index (χ1v) is 10.7. The van der Waals surface area contributed by atoms with Crippen molar-refractivity contribution in [3.63, 3.8) is 0 Å². The molecule has 1 N–H and O–H groups in total. The Hall–Kier alpha value is -1.37. The van der Waals surface area contributed by atoms with Gasteiger partial charge in [-0.1, -0.05) is 66.3 Å². The maximum absolute atomic E-state index is 12.2. The summed E-state index contributed by atoms with van der Waals surface area (Å²) in [4.78, 5) is 0. The summed E-state index contributed by atoms with van der Waals surface area (Å²) in [6.07, 6.45) is 0.715. The van der Waals surface area contributed by atoms with Crippen LogP contribution in [0.2, 0.25) is 0 Å². The first kappa shape index (κ1) is 20.7. The summed E-state index contributed by atoms with van der Waals surface area (Å²) in [5.41, 5.74) is 6.95. The Morgan fingerprint density at radius 1 is 1.00 bits per heavy atom. The third-order valence-electron chi connectivity index (χ3n) is 2.62. The Kier molecular flexibility index (Phi) is 9.03. The smallest absolute Gasteiger partial charge is 0.286 e. The fourth-order valence-corrected chi connectivity index (χ4v) is 3.26. The molecule has 0 bridgehead atoms. The average molecular weight is 388 g/mol. The molecule has 128 valence electrons. The molecule has 1 unspecified atom stereocenters. The van der Waals surface area contributed by atoms with Crippen molar-refractivity contribution in [1.29, 1.82) is 0 Å². The summed E-state index contributed by atoms with van der Waals surface area (Å²) >= 11 is 0. The second-order valence-corrected chi connectivity index (χ2v) is 7.87. The Morgan fingerprint density at radius 3 is 1.71 bits per heavy atom. The number of rotatable bonds is 3. The van der Waals surface area contributed by atoms with Crippen molar-refractivity contribution in [2.75, 3.05) is 6.26 Å². The van der Waals surface area contributed by atoms with E-state index >= 15 is 0 Å². The molecule has 3 nitrogen and oxygen atoms in total. The highest BCUT2D eigenvalue weighted by atomic mass is 32.2. The lowest BCUT2D eigenvalue weighted by Gasteiger charge is -2.14. The van der Waals surface area contributed by atoms with Gasteiger partial charge in [0.05, 0.1) is 6.26 Å². The van der Waals surface area contributed by atoms with Crippen LogP contribution in [0.5, 0.6) is 0 Å². The summed E-state index contributed by atoms with van der Waals surface area (Å²) in [5.74, 6) is 0. The summed E-state index contributed by atoms with van der Waals surface area (Å²) < 4.78 is 50.2. The van der Waals surface area contributed by atoms with E-state index in [0.29, 0.717) is 6.26 Å². The molecule has 2 aromatic rings. The SMILES string of the molecule is CS(=O)(=O)O.FP(F)C#CPC(c1ccccc1)c1ccccc1. The Labute approximate surface area is 144 Å². The first-order valence-electron chi connectivity index (χ1n) is 6.67. The van der Waals surface area contributed by atoms with Crippen LogP contribution in [0, 0.1) is 11.3 Å². The molecule has 0 heterocycles. The van der Waals surface area contributed by atoms with Gasteiger partial charge in [-0.15, -0.1) is 0 Å². The average Bonchev–Trinajstić information content (AvgIpc) is 2.51. The summed E-state index contributed by atoms with van der Waals surface area (Å²) in [6, 6.07) is 19.8. The van der Waals surface area contributed by atoms with Crippen LogP contribution in [-0.4, -0.2) is 19.2 Å². The van der Waals surface area contributed by atoms with Gasteiger partial charge in [-0.25, -0.2) is 0 Å². The second kappa shape index (κ2) is 10.5. The lowest BCUT2D eigenvalue weighted by Crippen LogP contribution is -1.93. The minimum atomic E-state index is -3.67. The second-order valence-electron chi connectivity index (χ2n) is 4.60. The van der Waals surface area contributed by atoms with Gasteiger partial charge in [0.25, 0.3) is 10.1 Å². The van der Waals surface area contributed by atoms with E-state index in [1.807, 2.05) is 66.3 Å². The van der Waals surface area contributed by atoms with Crippen LogP contribution in [0.25, 0.3) is 0 Å². The minimum Gasteiger partial charge on any atom is -0.286 e. The van der Waals surface area contributed by atoms with Crippen LogP contribution in [0.15, 0.2) is 60.7 Å². The van der Waals surface area contributed by atoms with Crippen LogP contribution < -0.4 is 0 Å². The summed E-state index contributed by atoms with van der Waals surface area (Å²) in [5, 5.41) is 0. The molecule has 0 radical (unpaired) electrons. The van der Waals surface area contributed by atoms with Crippen LogP contribution >= 0.6 is 17.1 Å². The van der Waals surface area contributed by atoms with E-state index in [-0.39, 0.29) is 14.2 Å². The molecule has 2 rings (SSSR count). The number of benzene rings is 2. The third-order valence-corrected chi connectivity index (χ3v) is 4.34. The fraction of sp³-hybridized carbons (Fsp3) is 0.125. The Morgan fingerprint density at radius 2 is 1.38 bits per heavy atom. The van der Waals surface area contributed by atoms with E-state index in [4.69, 9.17) is 4.55 Å². The van der Waals surface area contributed by atoms with Gasteiger partial charge in [0.2, 0.25) is 0 Å². The highest BCUT2D eigenvalue weighted by Crippen LogP contribution is 2.42. The third kappa shape index (κ3) is 9.70. The van der Waals surface area contributed by atoms with Crippen molar-refractivity contribution in [1.82, 2.24) is 0 Å². The van der Waals surface area contributed by atoms with Crippen molar-refractivity contribution in [2.24, 2.45) is 0 Å². The van der Waals surface area contributed by atoms with E-state index < -0.39 is 18.7 Å². The zero-order valence-corrected chi connectivity index (χ0v) is 15.4. The Balaban J connectivity index is 0.000000505. The molecule has 0 aliphatic carbocycles. The number of hydrogen-bond acceptors (Lipinski definition) is 2. The van der Waals surface area contributed by atoms with Gasteiger partial charge >= 0.3 is 8.54 Å². The van der Waals surface area contributed by atoms with Gasteiger partial charge < -0.3 is 0 Å². The standard InChI is InChI=1S/C15H12F2P2.CH4O3S/c16-19(17)12-11-18-15(13-7-3-1-4-8-13)14-9-5-2-6-10-14;1-5(2,3)4/h1-10,15,18H;1H3,(H,2,3,4). The maximum Gasteiger partial charge on any atom is 0.344 e.